The molecular formula is C5H11NO4S. The highest BCUT2D eigenvalue weighted by Crippen LogP contribution is 1.78. The van der Waals surface area contributed by atoms with E-state index in [1.165, 1.54) is 6.92 Å². The first-order valence-electron chi connectivity index (χ1n) is 2.61. The average molecular weight is 181 g/mol. The fourth-order valence-electron chi connectivity index (χ4n) is 0.149. The summed E-state index contributed by atoms with van der Waals surface area (Å²) in [5.41, 5.74) is 4.47. The molecule has 0 aromatic heterocycles. The minimum atomic E-state index is -3.79. The summed E-state index contributed by atoms with van der Waals surface area (Å²) in [6.45, 7) is 4.41. The zero-order chi connectivity index (χ0) is 9.49. The summed E-state index contributed by atoms with van der Waals surface area (Å²) < 4.78 is 27.3. The number of primary amides is 1. The van der Waals surface area contributed by atoms with E-state index < -0.39 is 10.1 Å². The van der Waals surface area contributed by atoms with E-state index in [9.17, 15) is 13.2 Å². The van der Waals surface area contributed by atoms with Gasteiger partial charge in [0.2, 0.25) is 5.91 Å². The van der Waals surface area contributed by atoms with E-state index in [0.717, 1.165) is 6.08 Å². The van der Waals surface area contributed by atoms with Crippen molar-refractivity contribution in [3.8, 4) is 0 Å². The van der Waals surface area contributed by atoms with Crippen molar-refractivity contribution in [1.29, 1.82) is 0 Å². The number of carbonyl (C=O) groups is 1. The van der Waals surface area contributed by atoms with Crippen LogP contribution in [0.25, 0.3) is 0 Å². The van der Waals surface area contributed by atoms with Gasteiger partial charge in [-0.3, -0.25) is 9.35 Å². The monoisotopic (exact) mass is 181 g/mol. The second-order valence-electron chi connectivity index (χ2n) is 1.65. The molecule has 0 aromatic carbocycles. The summed E-state index contributed by atoms with van der Waals surface area (Å²) >= 11 is 0. The molecule has 0 rings (SSSR count). The molecule has 0 atom stereocenters. The summed E-state index contributed by atoms with van der Waals surface area (Å²) in [4.78, 5) is 9.22. The number of amides is 1. The Kier molecular flexibility index (Phi) is 6.81. The lowest BCUT2D eigenvalue weighted by Crippen LogP contribution is -2.01. The van der Waals surface area contributed by atoms with E-state index in [-0.39, 0.29) is 11.7 Å². The van der Waals surface area contributed by atoms with Crippen LogP contribution in [0.2, 0.25) is 0 Å². The van der Waals surface area contributed by atoms with Crippen molar-refractivity contribution in [2.24, 2.45) is 5.73 Å². The van der Waals surface area contributed by atoms with Gasteiger partial charge in [0.05, 0.1) is 5.75 Å². The molecule has 6 heteroatoms. The van der Waals surface area contributed by atoms with Crippen LogP contribution in [0.3, 0.4) is 0 Å². The maximum absolute atomic E-state index is 9.72. The van der Waals surface area contributed by atoms with Crippen LogP contribution in [0.5, 0.6) is 0 Å². The van der Waals surface area contributed by atoms with Gasteiger partial charge in [0.25, 0.3) is 10.1 Å². The summed E-state index contributed by atoms with van der Waals surface area (Å²) in [6, 6.07) is 0. The van der Waals surface area contributed by atoms with E-state index in [0.29, 0.717) is 0 Å². The van der Waals surface area contributed by atoms with Crippen LogP contribution >= 0.6 is 0 Å². The molecule has 0 aliphatic heterocycles. The molecule has 5 nitrogen and oxygen atoms in total. The molecule has 0 aliphatic rings. The molecule has 0 fully saturated rings. The molecular weight excluding hydrogens is 170 g/mol. The molecule has 0 saturated carbocycles. The van der Waals surface area contributed by atoms with Crippen LogP contribution in [0, 0.1) is 0 Å². The Labute approximate surface area is 65.6 Å². The molecule has 0 aromatic rings. The highest BCUT2D eigenvalue weighted by atomic mass is 32.2. The van der Waals surface area contributed by atoms with Crippen LogP contribution in [0.1, 0.15) is 6.92 Å². The third kappa shape index (κ3) is 47.5. The number of carbonyl (C=O) groups excluding carboxylic acids is 1. The predicted octanol–water partition coefficient (Wildman–Crippen LogP) is -0.448. The first-order chi connectivity index (χ1) is 4.79. The lowest BCUT2D eigenvalue weighted by atomic mass is 10.8. The van der Waals surface area contributed by atoms with Crippen LogP contribution in [0.15, 0.2) is 12.7 Å². The van der Waals surface area contributed by atoms with E-state index in [4.69, 9.17) is 4.55 Å². The fraction of sp³-hybridized carbons (Fsp3) is 0.400. The van der Waals surface area contributed by atoms with Gasteiger partial charge < -0.3 is 5.73 Å². The molecule has 1 amide bonds. The topological polar surface area (TPSA) is 97.5 Å². The summed E-state index contributed by atoms with van der Waals surface area (Å²) in [5.74, 6) is -0.701. The Morgan fingerprint density at radius 3 is 2.00 bits per heavy atom. The van der Waals surface area contributed by atoms with E-state index in [1.807, 2.05) is 0 Å². The van der Waals surface area contributed by atoms with Gasteiger partial charge in [0.1, 0.15) is 0 Å². The summed E-state index contributed by atoms with van der Waals surface area (Å²) in [5, 5.41) is 0. The van der Waals surface area contributed by atoms with Crippen molar-refractivity contribution in [3.05, 3.63) is 12.7 Å². The van der Waals surface area contributed by atoms with Crippen LogP contribution < -0.4 is 5.73 Å². The lowest BCUT2D eigenvalue weighted by Gasteiger charge is -1.82. The number of nitrogens with two attached hydrogens (primary N) is 1. The zero-order valence-electron chi connectivity index (χ0n) is 6.15. The SMILES string of the molecule is C=CCS(=O)(=O)O.CC(N)=O. The highest BCUT2D eigenvalue weighted by molar-refractivity contribution is 7.85. The first kappa shape index (κ1) is 12.8. The van der Waals surface area contributed by atoms with Crippen LogP contribution in [-0.4, -0.2) is 24.6 Å². The number of rotatable bonds is 2. The summed E-state index contributed by atoms with van der Waals surface area (Å²) in [6.07, 6.45) is 1.12. The third-order valence-corrected chi connectivity index (χ3v) is 0.985. The van der Waals surface area contributed by atoms with Crippen molar-refractivity contribution in [1.82, 2.24) is 0 Å². The second kappa shape index (κ2) is 5.87. The smallest absolute Gasteiger partial charge is 0.268 e. The third-order valence-electron chi connectivity index (χ3n) is 0.328. The Morgan fingerprint density at radius 2 is 2.00 bits per heavy atom. The van der Waals surface area contributed by atoms with Gasteiger partial charge in [-0.15, -0.1) is 6.58 Å². The van der Waals surface area contributed by atoms with Gasteiger partial charge in [-0.05, 0) is 0 Å². The van der Waals surface area contributed by atoms with Crippen molar-refractivity contribution in [3.63, 3.8) is 0 Å². The van der Waals surface area contributed by atoms with Gasteiger partial charge >= 0.3 is 0 Å². The fourth-order valence-corrected chi connectivity index (χ4v) is 0.447. The minimum Gasteiger partial charge on any atom is -0.370 e. The molecule has 0 saturated heterocycles. The van der Waals surface area contributed by atoms with Gasteiger partial charge in [0.15, 0.2) is 0 Å². The van der Waals surface area contributed by atoms with Crippen molar-refractivity contribution < 1.29 is 17.8 Å². The Balaban J connectivity index is 0. The molecule has 0 heterocycles. The average Bonchev–Trinajstić information content (AvgIpc) is 1.58. The van der Waals surface area contributed by atoms with E-state index in [2.05, 4.69) is 12.3 Å². The lowest BCUT2D eigenvalue weighted by molar-refractivity contribution is -0.115. The second-order valence-corrected chi connectivity index (χ2v) is 3.15. The Bertz CT molecular complexity index is 215. The van der Waals surface area contributed by atoms with Gasteiger partial charge in [-0.25, -0.2) is 0 Å². The molecule has 0 aliphatic carbocycles. The van der Waals surface area contributed by atoms with Gasteiger partial charge in [-0.1, -0.05) is 6.08 Å². The number of hydrogen-bond acceptors (Lipinski definition) is 3. The largest absolute Gasteiger partial charge is 0.370 e. The summed E-state index contributed by atoms with van der Waals surface area (Å²) in [7, 11) is -3.79. The molecule has 0 unspecified atom stereocenters. The minimum absolute atomic E-state index is 0.333. The van der Waals surface area contributed by atoms with Crippen molar-refractivity contribution >= 4 is 16.0 Å². The zero-order valence-corrected chi connectivity index (χ0v) is 6.97. The molecule has 11 heavy (non-hydrogen) atoms. The quantitative estimate of drug-likeness (QED) is 0.445. The maximum Gasteiger partial charge on any atom is 0.268 e. The van der Waals surface area contributed by atoms with Gasteiger partial charge in [-0.2, -0.15) is 8.42 Å². The molecule has 0 radical (unpaired) electrons. The van der Waals surface area contributed by atoms with Crippen molar-refractivity contribution in [2.45, 2.75) is 6.92 Å². The van der Waals surface area contributed by atoms with Gasteiger partial charge in [0, 0.05) is 6.92 Å². The normalized spacial score (nSPS) is 9.27. The Morgan fingerprint density at radius 1 is 1.73 bits per heavy atom. The van der Waals surface area contributed by atoms with E-state index in [1.54, 1.807) is 0 Å². The maximum atomic E-state index is 9.72. The van der Waals surface area contributed by atoms with Crippen molar-refractivity contribution in [2.75, 3.05) is 5.75 Å². The molecule has 0 bridgehead atoms. The Hall–Kier alpha value is -0.880. The van der Waals surface area contributed by atoms with E-state index >= 15 is 0 Å². The molecule has 66 valence electrons. The predicted molar refractivity (Wildman–Crippen MR) is 41.5 cm³/mol. The highest BCUT2D eigenvalue weighted by Gasteiger charge is 1.95. The first-order valence-corrected chi connectivity index (χ1v) is 4.22. The molecule has 0 spiro atoms. The number of hydrogen-bond donors (Lipinski definition) is 2. The van der Waals surface area contributed by atoms with Crippen LogP contribution in [0.4, 0.5) is 0 Å². The van der Waals surface area contributed by atoms with Crippen LogP contribution in [-0.2, 0) is 14.9 Å². The standard InChI is InChI=1S/C3H6O3S.C2H5NO/c1-2-3-7(4,5)6;1-2(3)4/h2H,1,3H2,(H,4,5,6);1H3,(H2,3,4). The molecule has 3 N–H and O–H groups in total.